The van der Waals surface area contributed by atoms with Gasteiger partial charge in [0.15, 0.2) is 0 Å². The van der Waals surface area contributed by atoms with Crippen LogP contribution in [0.3, 0.4) is 0 Å². The van der Waals surface area contributed by atoms with E-state index in [0.29, 0.717) is 21.8 Å². The number of aromatic nitrogens is 4. The van der Waals surface area contributed by atoms with E-state index in [4.69, 9.17) is 11.6 Å². The van der Waals surface area contributed by atoms with Crippen LogP contribution < -0.4 is 0 Å². The first-order valence-corrected chi connectivity index (χ1v) is 7.77. The minimum absolute atomic E-state index is 0.106. The lowest BCUT2D eigenvalue weighted by molar-refractivity contribution is 0.0696. The van der Waals surface area contributed by atoms with Crippen molar-refractivity contribution < 1.29 is 9.90 Å². The molecule has 6 nitrogen and oxygen atoms in total. The van der Waals surface area contributed by atoms with Crippen LogP contribution in [0.25, 0.3) is 27.8 Å². The second-order valence-corrected chi connectivity index (χ2v) is 5.86. The van der Waals surface area contributed by atoms with E-state index in [1.54, 1.807) is 36.9 Å². The van der Waals surface area contributed by atoms with Crippen LogP contribution in [0.4, 0.5) is 0 Å². The molecule has 0 bridgehead atoms. The smallest absolute Gasteiger partial charge is 0.337 e. The van der Waals surface area contributed by atoms with Crippen molar-refractivity contribution in [3.05, 3.63) is 72.0 Å². The highest BCUT2D eigenvalue weighted by molar-refractivity contribution is 6.31. The van der Waals surface area contributed by atoms with Gasteiger partial charge in [-0.25, -0.2) is 14.8 Å². The Bertz CT molecular complexity index is 1090. The van der Waals surface area contributed by atoms with Crippen molar-refractivity contribution in [2.24, 2.45) is 0 Å². The number of rotatable bonds is 3. The van der Waals surface area contributed by atoms with E-state index >= 15 is 0 Å². The van der Waals surface area contributed by atoms with Gasteiger partial charge in [-0.3, -0.25) is 4.98 Å². The van der Waals surface area contributed by atoms with Crippen LogP contribution in [-0.4, -0.2) is 30.6 Å². The van der Waals surface area contributed by atoms with Crippen LogP contribution in [0.15, 0.2) is 61.4 Å². The summed E-state index contributed by atoms with van der Waals surface area (Å²) in [5.41, 5.74) is 2.90. The lowest BCUT2D eigenvalue weighted by atomic mass is 10.1. The molecule has 1 aromatic carbocycles. The largest absolute Gasteiger partial charge is 0.478 e. The highest BCUT2D eigenvalue weighted by Gasteiger charge is 2.12. The Morgan fingerprint density at radius 2 is 2.00 bits per heavy atom. The van der Waals surface area contributed by atoms with Crippen LogP contribution in [0.5, 0.6) is 0 Å². The number of halogens is 1. The Kier molecular flexibility index (Phi) is 3.66. The molecular weight excluding hydrogens is 340 g/mol. The van der Waals surface area contributed by atoms with E-state index in [9.17, 15) is 9.90 Å². The molecule has 4 rings (SSSR count). The van der Waals surface area contributed by atoms with Gasteiger partial charge in [-0.1, -0.05) is 11.6 Å². The predicted molar refractivity (Wildman–Crippen MR) is 94.1 cm³/mol. The molecule has 0 atom stereocenters. The van der Waals surface area contributed by atoms with E-state index in [1.165, 1.54) is 6.20 Å². The molecule has 7 heteroatoms. The van der Waals surface area contributed by atoms with Crippen molar-refractivity contribution in [1.82, 2.24) is 19.5 Å². The molecule has 0 spiro atoms. The average Bonchev–Trinajstić information content (AvgIpc) is 3.15. The van der Waals surface area contributed by atoms with Gasteiger partial charge in [-0.15, -0.1) is 0 Å². The normalized spacial score (nSPS) is 10.9. The number of benzene rings is 1. The Labute approximate surface area is 147 Å². The van der Waals surface area contributed by atoms with Crippen LogP contribution in [0.2, 0.25) is 5.02 Å². The molecule has 0 aliphatic rings. The Hall–Kier alpha value is -3.25. The van der Waals surface area contributed by atoms with Gasteiger partial charge >= 0.3 is 5.97 Å². The number of nitrogens with zero attached hydrogens (tertiary/aromatic N) is 4. The first kappa shape index (κ1) is 15.3. The summed E-state index contributed by atoms with van der Waals surface area (Å²) in [4.78, 5) is 23.9. The molecule has 0 unspecified atom stereocenters. The van der Waals surface area contributed by atoms with Crippen molar-refractivity contribution in [3.63, 3.8) is 0 Å². The maximum Gasteiger partial charge on any atom is 0.337 e. The Balaban J connectivity index is 1.99. The van der Waals surface area contributed by atoms with Gasteiger partial charge in [0.2, 0.25) is 0 Å². The second kappa shape index (κ2) is 5.99. The molecule has 0 fully saturated rings. The number of aromatic carboxylic acids is 1. The number of hydrogen-bond acceptors (Lipinski definition) is 4. The Morgan fingerprint density at radius 3 is 2.76 bits per heavy atom. The van der Waals surface area contributed by atoms with E-state index in [-0.39, 0.29) is 5.56 Å². The van der Waals surface area contributed by atoms with Crippen LogP contribution in [-0.2, 0) is 0 Å². The summed E-state index contributed by atoms with van der Waals surface area (Å²) >= 11 is 6.11. The summed E-state index contributed by atoms with van der Waals surface area (Å²) in [6.07, 6.45) is 8.11. The molecule has 3 aromatic heterocycles. The molecule has 0 aliphatic heterocycles. The van der Waals surface area contributed by atoms with Crippen LogP contribution >= 0.6 is 11.6 Å². The quantitative estimate of drug-likeness (QED) is 0.607. The summed E-state index contributed by atoms with van der Waals surface area (Å²) in [6, 6.07) is 8.90. The summed E-state index contributed by atoms with van der Waals surface area (Å²) < 4.78 is 1.87. The number of hydrogen-bond donors (Lipinski definition) is 1. The van der Waals surface area contributed by atoms with Crippen molar-refractivity contribution in [2.45, 2.75) is 0 Å². The molecule has 0 amide bonds. The molecule has 0 aliphatic carbocycles. The van der Waals surface area contributed by atoms with Gasteiger partial charge in [0.05, 0.1) is 28.8 Å². The number of imidazole rings is 1. The average molecular weight is 351 g/mol. The lowest BCUT2D eigenvalue weighted by Gasteiger charge is -2.11. The third-order valence-electron chi connectivity index (χ3n) is 3.81. The zero-order chi connectivity index (χ0) is 17.4. The van der Waals surface area contributed by atoms with E-state index in [1.807, 2.05) is 22.9 Å². The maximum atomic E-state index is 11.2. The second-order valence-electron chi connectivity index (χ2n) is 5.43. The Morgan fingerprint density at radius 1 is 1.12 bits per heavy atom. The van der Waals surface area contributed by atoms with Crippen LogP contribution in [0.1, 0.15) is 10.4 Å². The summed E-state index contributed by atoms with van der Waals surface area (Å²) in [5, 5.41) is 10.7. The summed E-state index contributed by atoms with van der Waals surface area (Å²) in [6.45, 7) is 0. The highest BCUT2D eigenvalue weighted by atomic mass is 35.5. The lowest BCUT2D eigenvalue weighted by Crippen LogP contribution is -1.99. The zero-order valence-electron chi connectivity index (χ0n) is 12.8. The minimum Gasteiger partial charge on any atom is -0.478 e. The third-order valence-corrected chi connectivity index (χ3v) is 4.05. The fourth-order valence-corrected chi connectivity index (χ4v) is 2.81. The first-order chi connectivity index (χ1) is 12.1. The first-order valence-electron chi connectivity index (χ1n) is 7.39. The number of pyridine rings is 2. The molecule has 4 aromatic rings. The molecule has 0 radical (unpaired) electrons. The number of carbonyl (C=O) groups is 1. The van der Waals surface area contributed by atoms with E-state index in [2.05, 4.69) is 15.0 Å². The standard InChI is InChI=1S/C18H11ClN4O2/c19-13-1-2-14-16(6-13)22-15(7-17(14)23-4-3-20-10-23)11-5-12(18(24)25)9-21-8-11/h1-10H,(H,24,25). The molecule has 0 saturated carbocycles. The topological polar surface area (TPSA) is 80.9 Å². The van der Waals surface area contributed by atoms with Crippen molar-refractivity contribution >= 4 is 28.5 Å². The molecule has 3 heterocycles. The monoisotopic (exact) mass is 350 g/mol. The predicted octanol–water partition coefficient (Wildman–Crippen LogP) is 3.83. The van der Waals surface area contributed by atoms with Gasteiger partial charge in [0, 0.05) is 40.8 Å². The fourth-order valence-electron chi connectivity index (χ4n) is 2.64. The molecule has 1 N–H and O–H groups in total. The van der Waals surface area contributed by atoms with Gasteiger partial charge in [-0.2, -0.15) is 0 Å². The molecule has 0 saturated heterocycles. The minimum atomic E-state index is -1.03. The van der Waals surface area contributed by atoms with E-state index < -0.39 is 5.97 Å². The number of fused-ring (bicyclic) bond motifs is 1. The zero-order valence-corrected chi connectivity index (χ0v) is 13.6. The third kappa shape index (κ3) is 2.83. The molecule has 25 heavy (non-hydrogen) atoms. The molecular formula is C18H11ClN4O2. The summed E-state index contributed by atoms with van der Waals surface area (Å²) in [7, 11) is 0. The van der Waals surface area contributed by atoms with Gasteiger partial charge in [0.1, 0.15) is 0 Å². The van der Waals surface area contributed by atoms with Crippen molar-refractivity contribution in [2.75, 3.05) is 0 Å². The number of carboxylic acid groups (broad SMARTS) is 1. The van der Waals surface area contributed by atoms with Gasteiger partial charge in [-0.05, 0) is 30.3 Å². The highest BCUT2D eigenvalue weighted by Crippen LogP contribution is 2.29. The van der Waals surface area contributed by atoms with Crippen molar-refractivity contribution in [3.8, 4) is 16.9 Å². The SMILES string of the molecule is O=C(O)c1cncc(-c2cc(-n3ccnc3)c3ccc(Cl)cc3n2)c1. The van der Waals surface area contributed by atoms with Crippen molar-refractivity contribution in [1.29, 1.82) is 0 Å². The fraction of sp³-hybridized carbons (Fsp3) is 0. The van der Waals surface area contributed by atoms with Gasteiger partial charge < -0.3 is 9.67 Å². The van der Waals surface area contributed by atoms with Crippen LogP contribution in [0, 0.1) is 0 Å². The van der Waals surface area contributed by atoms with Gasteiger partial charge in [0.25, 0.3) is 0 Å². The van der Waals surface area contributed by atoms with E-state index in [0.717, 1.165) is 11.1 Å². The maximum absolute atomic E-state index is 11.2. The summed E-state index contributed by atoms with van der Waals surface area (Å²) in [5.74, 6) is -1.03. The number of carboxylic acids is 1. The molecule has 122 valence electrons.